The fraction of sp³-hybridized carbons (Fsp3) is 0.615. The SMILES string of the molecule is CNC(=O)C1CN(C)CCN(C(=O)Cn2cc(Cl)cn2)C1. The third-order valence-corrected chi connectivity index (χ3v) is 3.79. The lowest BCUT2D eigenvalue weighted by atomic mass is 10.1. The van der Waals surface area contributed by atoms with Crippen LogP contribution in [0, 0.1) is 5.92 Å². The van der Waals surface area contributed by atoms with E-state index in [0.717, 1.165) is 6.54 Å². The zero-order chi connectivity index (χ0) is 15.4. The number of carbonyl (C=O) groups is 2. The number of amides is 2. The Morgan fingerprint density at radius 2 is 2.19 bits per heavy atom. The highest BCUT2D eigenvalue weighted by molar-refractivity contribution is 6.30. The van der Waals surface area contributed by atoms with Gasteiger partial charge in [0.05, 0.1) is 17.1 Å². The third-order valence-electron chi connectivity index (χ3n) is 3.59. The van der Waals surface area contributed by atoms with Crippen LogP contribution in [0.1, 0.15) is 0 Å². The van der Waals surface area contributed by atoms with E-state index in [-0.39, 0.29) is 24.3 Å². The second-order valence-electron chi connectivity index (χ2n) is 5.27. The predicted octanol–water partition coefficient (Wildman–Crippen LogP) is -0.327. The molecule has 116 valence electrons. The van der Waals surface area contributed by atoms with Crippen LogP contribution >= 0.6 is 11.6 Å². The van der Waals surface area contributed by atoms with Gasteiger partial charge >= 0.3 is 0 Å². The smallest absolute Gasteiger partial charge is 0.244 e. The third kappa shape index (κ3) is 4.18. The van der Waals surface area contributed by atoms with Crippen LogP contribution in [0.3, 0.4) is 0 Å². The Labute approximate surface area is 128 Å². The summed E-state index contributed by atoms with van der Waals surface area (Å²) in [6.07, 6.45) is 3.11. The van der Waals surface area contributed by atoms with Crippen molar-refractivity contribution in [2.45, 2.75) is 6.54 Å². The molecule has 1 N–H and O–H groups in total. The normalized spacial score (nSPS) is 20.1. The zero-order valence-corrected chi connectivity index (χ0v) is 13.0. The minimum atomic E-state index is -0.215. The van der Waals surface area contributed by atoms with Gasteiger partial charge in [-0.25, -0.2) is 0 Å². The molecule has 2 rings (SSSR count). The van der Waals surface area contributed by atoms with E-state index >= 15 is 0 Å². The van der Waals surface area contributed by atoms with Crippen molar-refractivity contribution in [3.8, 4) is 0 Å². The van der Waals surface area contributed by atoms with Crippen molar-refractivity contribution in [2.24, 2.45) is 5.92 Å². The van der Waals surface area contributed by atoms with Crippen molar-refractivity contribution in [3.63, 3.8) is 0 Å². The molecule has 1 fully saturated rings. The molecule has 2 amide bonds. The highest BCUT2D eigenvalue weighted by Crippen LogP contribution is 2.10. The molecule has 0 spiro atoms. The molecular formula is C13H20ClN5O2. The maximum Gasteiger partial charge on any atom is 0.244 e. The van der Waals surface area contributed by atoms with Crippen molar-refractivity contribution in [3.05, 3.63) is 17.4 Å². The van der Waals surface area contributed by atoms with Gasteiger partial charge in [0.2, 0.25) is 11.8 Å². The minimum Gasteiger partial charge on any atom is -0.359 e. The zero-order valence-electron chi connectivity index (χ0n) is 12.3. The molecule has 8 heteroatoms. The molecule has 1 atom stereocenters. The van der Waals surface area contributed by atoms with Gasteiger partial charge in [0.25, 0.3) is 0 Å². The summed E-state index contributed by atoms with van der Waals surface area (Å²) in [5, 5.41) is 7.17. The first kappa shape index (κ1) is 15.8. The van der Waals surface area contributed by atoms with Crippen LogP contribution in [0.15, 0.2) is 12.4 Å². The summed E-state index contributed by atoms with van der Waals surface area (Å²) in [7, 11) is 3.57. The molecule has 0 bridgehead atoms. The molecule has 1 aromatic heterocycles. The quantitative estimate of drug-likeness (QED) is 0.830. The summed E-state index contributed by atoms with van der Waals surface area (Å²) < 4.78 is 1.51. The van der Waals surface area contributed by atoms with Gasteiger partial charge in [-0.1, -0.05) is 11.6 Å². The summed E-state index contributed by atoms with van der Waals surface area (Å²) in [5.41, 5.74) is 0. The Bertz CT molecular complexity index is 518. The molecule has 1 saturated heterocycles. The predicted molar refractivity (Wildman–Crippen MR) is 78.9 cm³/mol. The summed E-state index contributed by atoms with van der Waals surface area (Å²) in [4.78, 5) is 28.0. The first-order valence-electron chi connectivity index (χ1n) is 6.85. The van der Waals surface area contributed by atoms with Gasteiger partial charge in [-0.15, -0.1) is 0 Å². The molecule has 1 aliphatic heterocycles. The van der Waals surface area contributed by atoms with Crippen LogP contribution in [-0.4, -0.2) is 71.7 Å². The lowest BCUT2D eigenvalue weighted by molar-refractivity contribution is -0.133. The minimum absolute atomic E-state index is 0.0383. The molecule has 2 heterocycles. The molecule has 0 radical (unpaired) electrons. The van der Waals surface area contributed by atoms with Crippen LogP contribution in [0.4, 0.5) is 0 Å². The fourth-order valence-corrected chi connectivity index (χ4v) is 2.59. The Kier molecular flexibility index (Phi) is 5.19. The van der Waals surface area contributed by atoms with Gasteiger partial charge < -0.3 is 15.1 Å². The Morgan fingerprint density at radius 3 is 2.81 bits per heavy atom. The van der Waals surface area contributed by atoms with Gasteiger partial charge in [0.1, 0.15) is 6.54 Å². The van der Waals surface area contributed by atoms with Crippen molar-refractivity contribution < 1.29 is 9.59 Å². The molecule has 1 unspecified atom stereocenters. The number of halogens is 1. The molecule has 0 aliphatic carbocycles. The largest absolute Gasteiger partial charge is 0.359 e. The van der Waals surface area contributed by atoms with E-state index in [4.69, 9.17) is 11.6 Å². The van der Waals surface area contributed by atoms with Gasteiger partial charge in [0, 0.05) is 39.4 Å². The monoisotopic (exact) mass is 313 g/mol. The van der Waals surface area contributed by atoms with E-state index in [0.29, 0.717) is 24.7 Å². The number of likely N-dealkylation sites (N-methyl/N-ethyl adjacent to an activating group) is 1. The first-order valence-corrected chi connectivity index (χ1v) is 7.23. The number of rotatable bonds is 3. The van der Waals surface area contributed by atoms with E-state index in [2.05, 4.69) is 15.3 Å². The molecule has 1 aliphatic rings. The Balaban J connectivity index is 2.03. The van der Waals surface area contributed by atoms with Crippen molar-refractivity contribution >= 4 is 23.4 Å². The molecule has 0 aromatic carbocycles. The number of nitrogens with zero attached hydrogens (tertiary/aromatic N) is 4. The number of hydrogen-bond acceptors (Lipinski definition) is 4. The van der Waals surface area contributed by atoms with Gasteiger partial charge in [-0.2, -0.15) is 5.10 Å². The number of carbonyl (C=O) groups excluding carboxylic acids is 2. The number of nitrogens with one attached hydrogen (secondary N) is 1. The summed E-state index contributed by atoms with van der Waals surface area (Å²) in [6, 6.07) is 0. The van der Waals surface area contributed by atoms with Crippen molar-refractivity contribution in [2.75, 3.05) is 40.3 Å². The lowest BCUT2D eigenvalue weighted by Gasteiger charge is -2.23. The average Bonchev–Trinajstić information content (AvgIpc) is 2.74. The fourth-order valence-electron chi connectivity index (χ4n) is 2.43. The second-order valence-corrected chi connectivity index (χ2v) is 5.71. The molecule has 21 heavy (non-hydrogen) atoms. The summed E-state index contributed by atoms with van der Waals surface area (Å²) in [5.74, 6) is -0.310. The molecule has 0 saturated carbocycles. The highest BCUT2D eigenvalue weighted by atomic mass is 35.5. The number of aromatic nitrogens is 2. The second kappa shape index (κ2) is 6.91. The highest BCUT2D eigenvalue weighted by Gasteiger charge is 2.28. The summed E-state index contributed by atoms with van der Waals surface area (Å²) in [6.45, 7) is 2.57. The van der Waals surface area contributed by atoms with E-state index in [1.54, 1.807) is 18.1 Å². The summed E-state index contributed by atoms with van der Waals surface area (Å²) >= 11 is 5.79. The maximum atomic E-state index is 12.4. The topological polar surface area (TPSA) is 70.5 Å². The van der Waals surface area contributed by atoms with E-state index < -0.39 is 0 Å². The Hall–Kier alpha value is -1.60. The van der Waals surface area contributed by atoms with Crippen LogP contribution in [-0.2, 0) is 16.1 Å². The molecule has 1 aromatic rings. The average molecular weight is 314 g/mol. The maximum absolute atomic E-state index is 12.4. The van der Waals surface area contributed by atoms with Gasteiger partial charge in [-0.3, -0.25) is 14.3 Å². The van der Waals surface area contributed by atoms with Gasteiger partial charge in [0.15, 0.2) is 0 Å². The van der Waals surface area contributed by atoms with Crippen LogP contribution in [0.25, 0.3) is 0 Å². The van der Waals surface area contributed by atoms with E-state index in [1.165, 1.54) is 10.9 Å². The van der Waals surface area contributed by atoms with Crippen molar-refractivity contribution in [1.82, 2.24) is 24.9 Å². The van der Waals surface area contributed by atoms with Crippen LogP contribution in [0.2, 0.25) is 5.02 Å². The van der Waals surface area contributed by atoms with Gasteiger partial charge in [-0.05, 0) is 7.05 Å². The van der Waals surface area contributed by atoms with E-state index in [9.17, 15) is 9.59 Å². The van der Waals surface area contributed by atoms with Crippen LogP contribution < -0.4 is 5.32 Å². The first-order chi connectivity index (χ1) is 9.99. The van der Waals surface area contributed by atoms with E-state index in [1.807, 2.05) is 7.05 Å². The van der Waals surface area contributed by atoms with Crippen molar-refractivity contribution in [1.29, 1.82) is 0 Å². The lowest BCUT2D eigenvalue weighted by Crippen LogP contribution is -2.42. The standard InChI is InChI=1S/C13H20ClN5O2/c1-15-13(21)10-6-17(2)3-4-18(7-10)12(20)9-19-8-11(14)5-16-19/h5,8,10H,3-4,6-7,9H2,1-2H3,(H,15,21). The Morgan fingerprint density at radius 1 is 1.43 bits per heavy atom. The number of hydrogen-bond donors (Lipinski definition) is 1. The molecular weight excluding hydrogens is 294 g/mol. The van der Waals surface area contributed by atoms with Crippen LogP contribution in [0.5, 0.6) is 0 Å². The molecule has 7 nitrogen and oxygen atoms in total.